The number of amides is 1. The van der Waals surface area contributed by atoms with Gasteiger partial charge in [0, 0.05) is 31.9 Å². The van der Waals surface area contributed by atoms with Gasteiger partial charge in [0.1, 0.15) is 0 Å². The second-order valence-corrected chi connectivity index (χ2v) is 7.70. The highest BCUT2D eigenvalue weighted by atomic mass is 19.4. The fourth-order valence-electron chi connectivity index (χ4n) is 3.77. The molecule has 31 heavy (non-hydrogen) atoms. The number of piperidine rings is 1. The van der Waals surface area contributed by atoms with E-state index < -0.39 is 11.7 Å². The third-order valence-electron chi connectivity index (χ3n) is 5.43. The zero-order valence-electron chi connectivity index (χ0n) is 16.8. The molecule has 1 aliphatic heterocycles. The quantitative estimate of drug-likeness (QED) is 0.660. The first-order chi connectivity index (χ1) is 14.9. The second-order valence-electron chi connectivity index (χ2n) is 7.70. The van der Waals surface area contributed by atoms with Crippen LogP contribution in [0.25, 0.3) is 5.69 Å². The van der Waals surface area contributed by atoms with E-state index in [4.69, 9.17) is 0 Å². The van der Waals surface area contributed by atoms with Crippen molar-refractivity contribution in [2.24, 2.45) is 0 Å². The molecule has 0 radical (unpaired) electrons. The Kier molecular flexibility index (Phi) is 6.08. The summed E-state index contributed by atoms with van der Waals surface area (Å²) in [6.07, 6.45) is -1.10. The van der Waals surface area contributed by atoms with Crippen LogP contribution in [-0.4, -0.2) is 39.7 Å². The summed E-state index contributed by atoms with van der Waals surface area (Å²) in [6.45, 7) is 1.88. The topological polar surface area (TPSA) is 50.2 Å². The molecule has 1 aliphatic rings. The molecule has 5 nitrogen and oxygen atoms in total. The Hall–Kier alpha value is -3.13. The number of alkyl halides is 3. The van der Waals surface area contributed by atoms with E-state index in [0.29, 0.717) is 30.9 Å². The van der Waals surface area contributed by atoms with Gasteiger partial charge in [0.25, 0.3) is 5.91 Å². The van der Waals surface area contributed by atoms with Gasteiger partial charge in [0.2, 0.25) is 0 Å². The normalized spacial score (nSPS) is 15.7. The summed E-state index contributed by atoms with van der Waals surface area (Å²) in [5.74, 6) is -0.217. The lowest BCUT2D eigenvalue weighted by Crippen LogP contribution is -2.44. The van der Waals surface area contributed by atoms with E-state index in [0.717, 1.165) is 24.6 Å². The maximum Gasteiger partial charge on any atom is 0.416 e. The fraction of sp³-hybridized carbons (Fsp3) is 0.304. The van der Waals surface area contributed by atoms with Crippen molar-refractivity contribution in [3.05, 3.63) is 83.7 Å². The van der Waals surface area contributed by atoms with Gasteiger partial charge in [-0.3, -0.25) is 9.69 Å². The zero-order valence-corrected chi connectivity index (χ0v) is 16.8. The Morgan fingerprint density at radius 1 is 1.03 bits per heavy atom. The number of para-hydroxylation sites is 1. The minimum Gasteiger partial charge on any atom is -0.348 e. The van der Waals surface area contributed by atoms with Crippen LogP contribution in [0, 0.1) is 0 Å². The molecule has 1 N–H and O–H groups in total. The molecule has 1 aromatic heterocycles. The Labute approximate surface area is 178 Å². The highest BCUT2D eigenvalue weighted by Gasteiger charge is 2.30. The number of likely N-dealkylation sites (tertiary alicyclic amines) is 1. The third-order valence-corrected chi connectivity index (χ3v) is 5.43. The number of carbonyl (C=O) groups excluding carboxylic acids is 1. The monoisotopic (exact) mass is 428 g/mol. The molecule has 1 fully saturated rings. The molecule has 4 rings (SSSR count). The maximum atomic E-state index is 12.9. The molecule has 2 heterocycles. The molecule has 8 heteroatoms. The van der Waals surface area contributed by atoms with Gasteiger partial charge in [0.15, 0.2) is 5.69 Å². The molecule has 0 spiro atoms. The predicted molar refractivity (Wildman–Crippen MR) is 111 cm³/mol. The van der Waals surface area contributed by atoms with Gasteiger partial charge in [-0.25, -0.2) is 4.68 Å². The number of carbonyl (C=O) groups is 1. The van der Waals surface area contributed by atoms with Crippen LogP contribution in [0.1, 0.15) is 34.5 Å². The molecule has 0 bridgehead atoms. The van der Waals surface area contributed by atoms with Gasteiger partial charge in [0.05, 0.1) is 11.3 Å². The van der Waals surface area contributed by atoms with Gasteiger partial charge in [-0.05, 0) is 42.7 Å². The van der Waals surface area contributed by atoms with E-state index in [-0.39, 0.29) is 11.9 Å². The van der Waals surface area contributed by atoms with E-state index in [1.807, 2.05) is 30.3 Å². The van der Waals surface area contributed by atoms with Crippen molar-refractivity contribution in [3.63, 3.8) is 0 Å². The highest BCUT2D eigenvalue weighted by molar-refractivity contribution is 5.92. The molecule has 0 aliphatic carbocycles. The van der Waals surface area contributed by atoms with Crippen LogP contribution >= 0.6 is 0 Å². The van der Waals surface area contributed by atoms with Crippen LogP contribution in [-0.2, 0) is 12.7 Å². The summed E-state index contributed by atoms with van der Waals surface area (Å²) in [7, 11) is 0. The smallest absolute Gasteiger partial charge is 0.348 e. The first kappa shape index (κ1) is 21.1. The fourth-order valence-corrected chi connectivity index (χ4v) is 3.77. The third kappa shape index (κ3) is 5.32. The Bertz CT molecular complexity index is 1020. The molecule has 0 atom stereocenters. The molecule has 0 saturated carbocycles. The molecule has 1 saturated heterocycles. The molecule has 1 amide bonds. The SMILES string of the molecule is O=C(NC1CCN(Cc2cccc(C(F)(F)F)c2)CC1)c1ccn(-c2ccccc2)n1. The standard InChI is InChI=1S/C23H23F3N4O/c24-23(25,26)18-6-4-5-17(15-18)16-29-12-9-19(10-13-29)27-22(31)21-11-14-30(28-21)20-7-2-1-3-8-20/h1-8,11,14-15,19H,9-10,12-13,16H2,(H,27,31). The first-order valence-electron chi connectivity index (χ1n) is 10.2. The van der Waals surface area contributed by atoms with Gasteiger partial charge >= 0.3 is 6.18 Å². The van der Waals surface area contributed by atoms with Crippen LogP contribution in [0.4, 0.5) is 13.2 Å². The van der Waals surface area contributed by atoms with E-state index in [1.165, 1.54) is 12.1 Å². The van der Waals surface area contributed by atoms with Gasteiger partial charge < -0.3 is 5.32 Å². The van der Waals surface area contributed by atoms with Crippen molar-refractivity contribution < 1.29 is 18.0 Å². The summed E-state index contributed by atoms with van der Waals surface area (Å²) in [6, 6.07) is 16.7. The number of nitrogens with zero attached hydrogens (tertiary/aromatic N) is 3. The van der Waals surface area contributed by atoms with Crippen molar-refractivity contribution in [1.82, 2.24) is 20.0 Å². The molecule has 162 valence electrons. The zero-order chi connectivity index (χ0) is 21.8. The Balaban J connectivity index is 1.29. The minimum absolute atomic E-state index is 0.0205. The molecule has 3 aromatic rings. The van der Waals surface area contributed by atoms with Crippen LogP contribution in [0.5, 0.6) is 0 Å². The second kappa shape index (κ2) is 8.93. The van der Waals surface area contributed by atoms with Crippen molar-refractivity contribution in [2.75, 3.05) is 13.1 Å². The van der Waals surface area contributed by atoms with Crippen molar-refractivity contribution in [2.45, 2.75) is 31.6 Å². The van der Waals surface area contributed by atoms with Crippen molar-refractivity contribution >= 4 is 5.91 Å². The number of benzene rings is 2. The molecular weight excluding hydrogens is 405 g/mol. The van der Waals surface area contributed by atoms with Crippen LogP contribution in [0.15, 0.2) is 66.9 Å². The summed E-state index contributed by atoms with van der Waals surface area (Å²) >= 11 is 0. The summed E-state index contributed by atoms with van der Waals surface area (Å²) in [5, 5.41) is 7.37. The number of aromatic nitrogens is 2. The Morgan fingerprint density at radius 3 is 2.48 bits per heavy atom. The van der Waals surface area contributed by atoms with Gasteiger partial charge in [-0.2, -0.15) is 18.3 Å². The Morgan fingerprint density at radius 2 is 1.77 bits per heavy atom. The van der Waals surface area contributed by atoms with Crippen LogP contribution < -0.4 is 5.32 Å². The average Bonchev–Trinajstić information content (AvgIpc) is 3.26. The molecule has 0 unspecified atom stereocenters. The lowest BCUT2D eigenvalue weighted by Gasteiger charge is -2.32. The number of hydrogen-bond donors (Lipinski definition) is 1. The molecular formula is C23H23F3N4O. The van der Waals surface area contributed by atoms with E-state index in [1.54, 1.807) is 23.0 Å². The molecule has 2 aromatic carbocycles. The lowest BCUT2D eigenvalue weighted by atomic mass is 10.0. The van der Waals surface area contributed by atoms with Crippen LogP contribution in [0.2, 0.25) is 0 Å². The van der Waals surface area contributed by atoms with E-state index >= 15 is 0 Å². The van der Waals surface area contributed by atoms with E-state index in [2.05, 4.69) is 15.3 Å². The summed E-state index contributed by atoms with van der Waals surface area (Å²) in [5.41, 5.74) is 1.26. The highest BCUT2D eigenvalue weighted by Crippen LogP contribution is 2.30. The predicted octanol–water partition coefficient (Wildman–Crippen LogP) is 4.29. The van der Waals surface area contributed by atoms with Crippen molar-refractivity contribution in [3.8, 4) is 5.69 Å². The number of nitrogens with one attached hydrogen (secondary N) is 1. The summed E-state index contributed by atoms with van der Waals surface area (Å²) in [4.78, 5) is 14.7. The number of rotatable bonds is 5. The lowest BCUT2D eigenvalue weighted by molar-refractivity contribution is -0.137. The number of hydrogen-bond acceptors (Lipinski definition) is 3. The summed E-state index contributed by atoms with van der Waals surface area (Å²) < 4.78 is 40.3. The minimum atomic E-state index is -4.33. The van der Waals surface area contributed by atoms with E-state index in [9.17, 15) is 18.0 Å². The van der Waals surface area contributed by atoms with Crippen LogP contribution in [0.3, 0.4) is 0 Å². The first-order valence-corrected chi connectivity index (χ1v) is 10.2. The van der Waals surface area contributed by atoms with Gasteiger partial charge in [-0.15, -0.1) is 0 Å². The number of halogens is 3. The van der Waals surface area contributed by atoms with Crippen molar-refractivity contribution in [1.29, 1.82) is 0 Å². The van der Waals surface area contributed by atoms with Gasteiger partial charge in [-0.1, -0.05) is 36.4 Å². The largest absolute Gasteiger partial charge is 0.416 e. The maximum absolute atomic E-state index is 12.9. The average molecular weight is 428 g/mol.